The van der Waals surface area contributed by atoms with Crippen molar-refractivity contribution < 1.29 is 47.6 Å². The first kappa shape index (κ1) is 59.4. The highest BCUT2D eigenvalue weighted by molar-refractivity contribution is 6.07. The van der Waals surface area contributed by atoms with Crippen molar-refractivity contribution in [2.75, 3.05) is 34.3 Å². The summed E-state index contributed by atoms with van der Waals surface area (Å²) in [5.41, 5.74) is -4.32. The number of rotatable bonds is 11. The molecule has 0 aromatic carbocycles. The number of aromatic nitrogens is 4. The van der Waals surface area contributed by atoms with Crippen molar-refractivity contribution >= 4 is 17.8 Å². The summed E-state index contributed by atoms with van der Waals surface area (Å²) >= 11 is 0. The van der Waals surface area contributed by atoms with Gasteiger partial charge >= 0.3 is 12.1 Å². The molecule has 3 fully saturated rings. The molecule has 5 rings (SSSR count). The second-order valence-electron chi connectivity index (χ2n) is 17.1. The van der Waals surface area contributed by atoms with E-state index >= 15 is 4.39 Å². The molecule has 0 bridgehead atoms. The van der Waals surface area contributed by atoms with Crippen molar-refractivity contribution in [2.24, 2.45) is 5.92 Å². The average molecular weight is 898 g/mol. The minimum Gasteiger partial charge on any atom is -0.455 e. The van der Waals surface area contributed by atoms with Gasteiger partial charge in [0, 0.05) is 44.9 Å². The van der Waals surface area contributed by atoms with Crippen molar-refractivity contribution in [2.45, 2.75) is 196 Å². The van der Waals surface area contributed by atoms with Gasteiger partial charge in [0.05, 0.1) is 35.7 Å². The number of pyridine rings is 1. The molecule has 0 radical (unpaired) electrons. The fraction of sp³-hybridized carbons (Fsp3) is 0.783. The van der Waals surface area contributed by atoms with Crippen LogP contribution < -0.4 is 5.32 Å². The number of halogens is 1. The number of likely N-dealkylation sites (N-methyl/N-ethyl adjacent to an activating group) is 1. The molecule has 0 saturated carbocycles. The van der Waals surface area contributed by atoms with Crippen LogP contribution >= 0.6 is 0 Å². The Balaban J connectivity index is 0.00000769. The smallest absolute Gasteiger partial charge is 0.410 e. The molecular weight excluding hydrogens is 814 g/mol. The number of methoxy groups -OCH3 is 1. The fourth-order valence-corrected chi connectivity index (χ4v) is 8.73. The van der Waals surface area contributed by atoms with Crippen LogP contribution in [0.2, 0.25) is 0 Å². The Bertz CT molecular complexity index is 1700. The van der Waals surface area contributed by atoms with Crippen LogP contribution in [0.3, 0.4) is 0 Å². The van der Waals surface area contributed by atoms with Gasteiger partial charge in [0.15, 0.2) is 17.7 Å². The van der Waals surface area contributed by atoms with Gasteiger partial charge in [-0.1, -0.05) is 62.3 Å². The maximum absolute atomic E-state index is 16.7. The zero-order valence-corrected chi connectivity index (χ0v) is 35.7. The van der Waals surface area contributed by atoms with E-state index in [4.69, 9.17) is 23.7 Å². The van der Waals surface area contributed by atoms with Gasteiger partial charge in [-0.3, -0.25) is 19.4 Å². The Morgan fingerprint density at radius 3 is 2.29 bits per heavy atom. The highest BCUT2D eigenvalue weighted by atomic mass is 19.1. The lowest BCUT2D eigenvalue weighted by atomic mass is 9.83. The minimum absolute atomic E-state index is 0. The number of hydrogen-bond donors (Lipinski definition) is 2. The monoisotopic (exact) mass is 898 g/mol. The highest BCUT2D eigenvalue weighted by Gasteiger charge is 2.59. The molecule has 3 saturated heterocycles. The van der Waals surface area contributed by atoms with E-state index < -0.39 is 71.8 Å². The van der Waals surface area contributed by atoms with E-state index in [-0.39, 0.29) is 67.7 Å². The van der Waals surface area contributed by atoms with E-state index in [1.165, 1.54) is 7.11 Å². The van der Waals surface area contributed by atoms with Crippen LogP contribution in [0.4, 0.5) is 9.18 Å². The summed E-state index contributed by atoms with van der Waals surface area (Å²) in [6.45, 7) is 13.3. The van der Waals surface area contributed by atoms with E-state index in [0.29, 0.717) is 51.0 Å². The number of hydrogen-bond acceptors (Lipinski definition) is 14. The summed E-state index contributed by atoms with van der Waals surface area (Å²) < 4.78 is 49.0. The number of fused-ring (bicyclic) bond motifs is 1. The van der Waals surface area contributed by atoms with Crippen molar-refractivity contribution in [3.05, 3.63) is 30.6 Å². The van der Waals surface area contributed by atoms with Gasteiger partial charge < -0.3 is 39.0 Å². The maximum Gasteiger partial charge on any atom is 0.410 e. The molecule has 5 heterocycles. The standard InChI is InChI=1S/C41H64FN7O9.5CH4/c1-11-32-41(7)35(49(38(53)58-41)19-15-14-18-48-24-29(45-46-48)28-16-12-13-17-43-28)27(4)44-23-25(2)22-39(5,54-10)33(21-31(50)40(6,42)37(52)57-32)56-36-34(51)30(47(8)9)20-26(3)55-36;;;;;/h12-13,16-17,24-27,30,32-36,44,51H,11,14-15,18-23H2,1-10H3;5*1H4/t25-,26?,27-,30?,32-,33-,34?,35-,36+,39-,40-,41-;;;;;/m1...../s1. The van der Waals surface area contributed by atoms with E-state index in [2.05, 4.69) is 20.6 Å². The van der Waals surface area contributed by atoms with Gasteiger partial charge in [-0.15, -0.1) is 5.10 Å². The first-order valence-electron chi connectivity index (χ1n) is 20.5. The van der Waals surface area contributed by atoms with Gasteiger partial charge in [0.25, 0.3) is 5.67 Å². The summed E-state index contributed by atoms with van der Waals surface area (Å²) in [5.74, 6) is -2.57. The Kier molecular flexibility index (Phi) is 23.2. The molecule has 17 heteroatoms. The van der Waals surface area contributed by atoms with Gasteiger partial charge in [0.2, 0.25) is 0 Å². The molecule has 63 heavy (non-hydrogen) atoms. The lowest BCUT2D eigenvalue weighted by Crippen LogP contribution is -2.61. The number of ketones is 1. The second-order valence-corrected chi connectivity index (χ2v) is 17.1. The summed E-state index contributed by atoms with van der Waals surface area (Å²) in [6, 6.07) is 4.26. The van der Waals surface area contributed by atoms with Crippen molar-refractivity contribution in [1.29, 1.82) is 0 Å². The van der Waals surface area contributed by atoms with Crippen LogP contribution in [0, 0.1) is 5.92 Å². The quantitative estimate of drug-likeness (QED) is 0.132. The zero-order chi connectivity index (χ0) is 42.6. The number of amides is 1. The van der Waals surface area contributed by atoms with Crippen molar-refractivity contribution in [1.82, 2.24) is 35.1 Å². The van der Waals surface area contributed by atoms with Gasteiger partial charge in [-0.25, -0.2) is 14.0 Å². The molecule has 364 valence electrons. The first-order valence-corrected chi connectivity index (χ1v) is 20.5. The van der Waals surface area contributed by atoms with E-state index in [9.17, 15) is 19.5 Å². The number of aryl methyl sites for hydroxylation is 1. The van der Waals surface area contributed by atoms with Gasteiger partial charge in [0.1, 0.15) is 17.9 Å². The number of alkyl halides is 1. The number of Topliss-reactive ketones (excluding diaryl/α,β-unsaturated/α-hetero) is 1. The summed E-state index contributed by atoms with van der Waals surface area (Å²) in [4.78, 5) is 49.4. The molecule has 3 unspecified atom stereocenters. The fourth-order valence-electron chi connectivity index (χ4n) is 8.73. The summed E-state index contributed by atoms with van der Waals surface area (Å²) in [6.07, 6.45) is -0.0233. The lowest BCUT2D eigenvalue weighted by Gasteiger charge is -2.45. The van der Waals surface area contributed by atoms with Crippen LogP contribution in [0.25, 0.3) is 11.4 Å². The topological polar surface area (TPSA) is 180 Å². The van der Waals surface area contributed by atoms with Gasteiger partial charge in [-0.05, 0) is 105 Å². The Morgan fingerprint density at radius 1 is 1.02 bits per heavy atom. The summed E-state index contributed by atoms with van der Waals surface area (Å²) in [5, 5.41) is 23.4. The number of cyclic esters (lactones) is 1. The van der Waals surface area contributed by atoms with E-state index in [1.807, 2.05) is 64.2 Å². The molecule has 0 spiro atoms. The van der Waals surface area contributed by atoms with E-state index in [0.717, 1.165) is 12.6 Å². The number of nitrogens with one attached hydrogen (secondary N) is 1. The highest BCUT2D eigenvalue weighted by Crippen LogP contribution is 2.40. The molecule has 3 aliphatic rings. The Hall–Kier alpha value is -3.61. The number of aliphatic hydroxyl groups is 1. The number of carbonyl (C=O) groups excluding carboxylic acids is 3. The third kappa shape index (κ3) is 13.2. The number of unbranched alkanes of at least 4 members (excludes halogenated alkanes) is 1. The minimum atomic E-state index is -3.10. The molecule has 2 aromatic rings. The summed E-state index contributed by atoms with van der Waals surface area (Å²) in [7, 11) is 5.19. The lowest BCUT2D eigenvalue weighted by molar-refractivity contribution is -0.289. The largest absolute Gasteiger partial charge is 0.455 e. The molecule has 12 atom stereocenters. The third-order valence-electron chi connectivity index (χ3n) is 12.2. The zero-order valence-electron chi connectivity index (χ0n) is 35.7. The average Bonchev–Trinajstić information content (AvgIpc) is 3.76. The Labute approximate surface area is 378 Å². The first-order chi connectivity index (χ1) is 27.3. The third-order valence-corrected chi connectivity index (χ3v) is 12.2. The van der Waals surface area contributed by atoms with E-state index in [1.54, 1.807) is 36.5 Å². The molecule has 16 nitrogen and oxygen atoms in total. The molecular formula is C46H84FN7O9. The van der Waals surface area contributed by atoms with Crippen molar-refractivity contribution in [3.63, 3.8) is 0 Å². The molecule has 2 N–H and O–H groups in total. The number of aliphatic hydroxyl groups excluding tert-OH is 1. The normalized spacial score (nSPS) is 34.0. The maximum atomic E-state index is 16.7. The van der Waals surface area contributed by atoms with Crippen LogP contribution in [0.1, 0.15) is 124 Å². The number of ether oxygens (including phenoxy) is 5. The van der Waals surface area contributed by atoms with Gasteiger partial charge in [-0.2, -0.15) is 0 Å². The predicted octanol–water partition coefficient (Wildman–Crippen LogP) is 7.12. The second kappa shape index (κ2) is 24.6. The van der Waals surface area contributed by atoms with Crippen LogP contribution in [-0.2, 0) is 39.8 Å². The predicted molar refractivity (Wildman–Crippen MR) is 245 cm³/mol. The molecule has 1 amide bonds. The van der Waals surface area contributed by atoms with Crippen LogP contribution in [0.5, 0.6) is 0 Å². The number of nitrogens with zero attached hydrogens (tertiary/aromatic N) is 6. The molecule has 3 aliphatic heterocycles. The van der Waals surface area contributed by atoms with Crippen molar-refractivity contribution in [3.8, 4) is 11.4 Å². The molecule has 2 aromatic heterocycles. The molecule has 0 aliphatic carbocycles. The Morgan fingerprint density at radius 2 is 1.68 bits per heavy atom. The van der Waals surface area contributed by atoms with Crippen LogP contribution in [-0.4, -0.2) is 153 Å². The van der Waals surface area contributed by atoms with Crippen LogP contribution in [0.15, 0.2) is 30.6 Å². The number of esters is 1. The number of carbonyl (C=O) groups is 3. The SMILES string of the molecule is C.C.C.C.C.CC[C@H]1OC(=O)[C@](C)(F)C(=O)C[C@@H](O[C@@H]2OC(C)CC(N(C)C)C2O)[C@](C)(OC)C[C@@H](C)CN[C@H](C)[C@H]2N(CCCCn3cc(-c4ccccn4)nn3)C(=O)O[C@]12C.